The Morgan fingerprint density at radius 2 is 1.84 bits per heavy atom. The highest BCUT2D eigenvalue weighted by atomic mass is 35.5. The van der Waals surface area contributed by atoms with Gasteiger partial charge in [-0.25, -0.2) is 13.8 Å². The SMILES string of the molecule is Cc1cc(N(C)C)nc(N(Cc2cc(=O)[nH]c3c(F)c(F)ccc23)c2cccc(Cl)c2)n1. The number of pyridine rings is 1. The Morgan fingerprint density at radius 3 is 2.56 bits per heavy atom. The van der Waals surface area contributed by atoms with Gasteiger partial charge in [-0.3, -0.25) is 4.79 Å². The van der Waals surface area contributed by atoms with Crippen LogP contribution in [0.4, 0.5) is 26.2 Å². The predicted octanol–water partition coefficient (Wildman–Crippen LogP) is 4.96. The summed E-state index contributed by atoms with van der Waals surface area (Å²) in [4.78, 5) is 27.5. The lowest BCUT2D eigenvalue weighted by Gasteiger charge is -2.25. The predicted molar refractivity (Wildman–Crippen MR) is 123 cm³/mol. The molecular formula is C23H20ClF2N5O. The molecule has 0 aliphatic heterocycles. The third-order valence-corrected chi connectivity index (χ3v) is 5.21. The van der Waals surface area contributed by atoms with Gasteiger partial charge in [-0.1, -0.05) is 17.7 Å². The van der Waals surface area contributed by atoms with Crippen molar-refractivity contribution in [3.63, 3.8) is 0 Å². The normalized spacial score (nSPS) is 11.1. The summed E-state index contributed by atoms with van der Waals surface area (Å²) < 4.78 is 28.1. The van der Waals surface area contributed by atoms with Gasteiger partial charge in [-0.15, -0.1) is 0 Å². The highest BCUT2D eigenvalue weighted by Crippen LogP contribution is 2.30. The zero-order valence-electron chi connectivity index (χ0n) is 17.7. The van der Waals surface area contributed by atoms with E-state index in [1.165, 1.54) is 12.1 Å². The van der Waals surface area contributed by atoms with Gasteiger partial charge in [0.25, 0.3) is 0 Å². The van der Waals surface area contributed by atoms with Gasteiger partial charge in [-0.05, 0) is 42.8 Å². The first-order valence-corrected chi connectivity index (χ1v) is 10.2. The van der Waals surface area contributed by atoms with Gasteiger partial charge in [0.1, 0.15) is 5.82 Å². The van der Waals surface area contributed by atoms with Crippen molar-refractivity contribution in [3.8, 4) is 0 Å². The van der Waals surface area contributed by atoms with Crippen molar-refractivity contribution < 1.29 is 8.78 Å². The second-order valence-electron chi connectivity index (χ2n) is 7.57. The van der Waals surface area contributed by atoms with Crippen molar-refractivity contribution in [1.29, 1.82) is 0 Å². The molecule has 4 rings (SSSR count). The van der Waals surface area contributed by atoms with Crippen molar-refractivity contribution >= 4 is 40.0 Å². The van der Waals surface area contributed by atoms with Crippen LogP contribution in [0.25, 0.3) is 10.9 Å². The Bertz CT molecular complexity index is 1370. The van der Waals surface area contributed by atoms with Gasteiger partial charge >= 0.3 is 0 Å². The summed E-state index contributed by atoms with van der Waals surface area (Å²) in [6.07, 6.45) is 0. The van der Waals surface area contributed by atoms with Gasteiger partial charge in [0.05, 0.1) is 12.1 Å². The van der Waals surface area contributed by atoms with E-state index < -0.39 is 17.2 Å². The van der Waals surface area contributed by atoms with E-state index in [9.17, 15) is 13.6 Å². The van der Waals surface area contributed by atoms with Crippen molar-refractivity contribution in [2.24, 2.45) is 0 Å². The van der Waals surface area contributed by atoms with Crippen molar-refractivity contribution in [1.82, 2.24) is 15.0 Å². The Morgan fingerprint density at radius 1 is 1.06 bits per heavy atom. The number of fused-ring (bicyclic) bond motifs is 1. The van der Waals surface area contributed by atoms with E-state index in [2.05, 4.69) is 15.0 Å². The van der Waals surface area contributed by atoms with Crippen LogP contribution in [-0.2, 0) is 6.54 Å². The lowest BCUT2D eigenvalue weighted by molar-refractivity contribution is 0.515. The highest BCUT2D eigenvalue weighted by Gasteiger charge is 2.19. The Labute approximate surface area is 188 Å². The third kappa shape index (κ3) is 4.27. The number of hydrogen-bond donors (Lipinski definition) is 1. The molecule has 0 unspecified atom stereocenters. The van der Waals surface area contributed by atoms with Gasteiger partial charge < -0.3 is 14.8 Å². The molecule has 0 aliphatic rings. The molecule has 32 heavy (non-hydrogen) atoms. The summed E-state index contributed by atoms with van der Waals surface area (Å²) in [6.45, 7) is 1.98. The molecule has 0 saturated carbocycles. The molecule has 0 aliphatic carbocycles. The molecule has 0 atom stereocenters. The minimum absolute atomic E-state index is 0.127. The summed E-state index contributed by atoms with van der Waals surface area (Å²) in [5, 5.41) is 0.896. The fourth-order valence-electron chi connectivity index (χ4n) is 3.44. The number of halogens is 3. The Hall–Kier alpha value is -3.52. The lowest BCUT2D eigenvalue weighted by Crippen LogP contribution is -2.22. The average molecular weight is 456 g/mol. The average Bonchev–Trinajstić information content (AvgIpc) is 2.74. The van der Waals surface area contributed by atoms with Crippen molar-refractivity contribution in [3.05, 3.63) is 86.8 Å². The lowest BCUT2D eigenvalue weighted by atomic mass is 10.1. The minimum atomic E-state index is -1.10. The summed E-state index contributed by atoms with van der Waals surface area (Å²) in [7, 11) is 3.74. The van der Waals surface area contributed by atoms with Crippen LogP contribution in [0.3, 0.4) is 0 Å². The fourth-order valence-corrected chi connectivity index (χ4v) is 3.63. The smallest absolute Gasteiger partial charge is 0.248 e. The highest BCUT2D eigenvalue weighted by molar-refractivity contribution is 6.30. The van der Waals surface area contributed by atoms with Crippen molar-refractivity contribution in [2.45, 2.75) is 13.5 Å². The second kappa shape index (κ2) is 8.55. The van der Waals surface area contributed by atoms with Gasteiger partial charge in [0.15, 0.2) is 11.6 Å². The first-order chi connectivity index (χ1) is 15.2. The van der Waals surface area contributed by atoms with Crippen LogP contribution in [0, 0.1) is 18.6 Å². The van der Waals surface area contributed by atoms with E-state index in [0.717, 1.165) is 11.8 Å². The largest absolute Gasteiger partial charge is 0.363 e. The standard InChI is InChI=1S/C23H20ClF2N5O/c1-13-9-19(30(2)3)28-23(27-13)31(16-6-4-5-15(24)11-16)12-14-10-20(32)29-22-17(14)7-8-18(25)21(22)26/h4-11H,12H2,1-3H3,(H,29,32). The van der Waals surface area contributed by atoms with E-state index in [1.807, 2.05) is 38.1 Å². The molecule has 0 amide bonds. The number of rotatable bonds is 5. The fraction of sp³-hybridized carbons (Fsp3) is 0.174. The van der Waals surface area contributed by atoms with Gasteiger partial charge in [0, 0.05) is 48.0 Å². The van der Waals surface area contributed by atoms with Gasteiger partial charge in [0.2, 0.25) is 11.5 Å². The van der Waals surface area contributed by atoms with Crippen LogP contribution in [0.2, 0.25) is 5.02 Å². The molecule has 0 bridgehead atoms. The zero-order valence-corrected chi connectivity index (χ0v) is 18.4. The summed E-state index contributed by atoms with van der Waals surface area (Å²) in [6, 6.07) is 12.8. The number of anilines is 3. The van der Waals surface area contributed by atoms with Crippen LogP contribution >= 0.6 is 11.6 Å². The molecule has 9 heteroatoms. The Kier molecular flexibility index (Phi) is 5.80. The molecule has 164 valence electrons. The molecule has 1 N–H and O–H groups in total. The van der Waals surface area contributed by atoms with Crippen molar-refractivity contribution in [2.75, 3.05) is 23.9 Å². The first kappa shape index (κ1) is 21.7. The molecule has 0 radical (unpaired) electrons. The molecule has 0 fully saturated rings. The number of aryl methyl sites for hydroxylation is 1. The van der Waals surface area contributed by atoms with Crippen LogP contribution in [0.1, 0.15) is 11.3 Å². The van der Waals surface area contributed by atoms with E-state index in [4.69, 9.17) is 11.6 Å². The van der Waals surface area contributed by atoms with E-state index in [1.54, 1.807) is 23.1 Å². The first-order valence-electron chi connectivity index (χ1n) is 9.79. The number of hydrogen-bond acceptors (Lipinski definition) is 5. The van der Waals surface area contributed by atoms with E-state index in [-0.39, 0.29) is 12.1 Å². The minimum Gasteiger partial charge on any atom is -0.363 e. The maximum absolute atomic E-state index is 14.4. The zero-order chi connectivity index (χ0) is 23.0. The van der Waals surface area contributed by atoms with Crippen LogP contribution in [0.5, 0.6) is 0 Å². The molecule has 4 aromatic rings. The molecule has 2 aromatic carbocycles. The molecular weight excluding hydrogens is 436 g/mol. The van der Waals surface area contributed by atoms with E-state index in [0.29, 0.717) is 33.4 Å². The number of benzene rings is 2. The number of nitrogens with one attached hydrogen (secondary N) is 1. The monoisotopic (exact) mass is 455 g/mol. The quantitative estimate of drug-likeness (QED) is 0.460. The summed E-state index contributed by atoms with van der Waals surface area (Å²) >= 11 is 6.23. The van der Waals surface area contributed by atoms with Crippen LogP contribution in [-0.4, -0.2) is 29.0 Å². The number of aromatic nitrogens is 3. The van der Waals surface area contributed by atoms with Crippen LogP contribution < -0.4 is 15.4 Å². The summed E-state index contributed by atoms with van der Waals surface area (Å²) in [5.74, 6) is -1.05. The molecule has 0 saturated heterocycles. The van der Waals surface area contributed by atoms with E-state index >= 15 is 0 Å². The number of aromatic amines is 1. The number of H-pyrrole nitrogens is 1. The molecule has 2 heterocycles. The Balaban J connectivity index is 1.92. The molecule has 0 spiro atoms. The maximum atomic E-state index is 14.4. The summed E-state index contributed by atoms with van der Waals surface area (Å²) in [5.41, 5.74) is 1.19. The van der Waals surface area contributed by atoms with Crippen LogP contribution in [0.15, 0.2) is 53.3 Å². The molecule has 2 aromatic heterocycles. The maximum Gasteiger partial charge on any atom is 0.248 e. The molecule has 6 nitrogen and oxygen atoms in total. The topological polar surface area (TPSA) is 65.1 Å². The second-order valence-corrected chi connectivity index (χ2v) is 8.01. The van der Waals surface area contributed by atoms with Gasteiger partial charge in [-0.2, -0.15) is 4.98 Å². The number of nitrogens with zero attached hydrogens (tertiary/aromatic N) is 4. The third-order valence-electron chi connectivity index (χ3n) is 4.97.